The summed E-state index contributed by atoms with van der Waals surface area (Å²) < 4.78 is 13.0. The van der Waals surface area contributed by atoms with Crippen LogP contribution in [0, 0.1) is 0 Å². The summed E-state index contributed by atoms with van der Waals surface area (Å²) in [6.45, 7) is 0. The number of carbonyl (C=O) groups is 2. The van der Waals surface area contributed by atoms with Gasteiger partial charge in [0.1, 0.15) is 0 Å². The number of para-hydroxylation sites is 2. The van der Waals surface area contributed by atoms with Crippen molar-refractivity contribution in [1.82, 2.24) is 24.5 Å². The zero-order valence-corrected chi connectivity index (χ0v) is 21.5. The molecule has 0 spiro atoms. The van der Waals surface area contributed by atoms with E-state index in [4.69, 9.17) is 0 Å². The first-order valence-electron chi connectivity index (χ1n) is 9.55. The SMILES string of the molecule is CN(C)C=O.O=Cc1cnn(-c2ccccc2)c1.O=P(Cl)(Cl)Cl.c1ccc(-n2cccn2)cc1. The molecule has 0 atom stereocenters. The Balaban J connectivity index is 0.000000249. The zero-order chi connectivity index (χ0) is 25.4. The molecule has 2 aromatic heterocycles. The molecule has 0 unspecified atom stereocenters. The first-order valence-corrected chi connectivity index (χ1v) is 14.0. The second-order valence-corrected chi connectivity index (χ2v) is 13.1. The Labute approximate surface area is 212 Å². The lowest BCUT2D eigenvalue weighted by Gasteiger charge is -1.97. The quantitative estimate of drug-likeness (QED) is 0.231. The van der Waals surface area contributed by atoms with Crippen molar-refractivity contribution in [2.75, 3.05) is 14.1 Å². The third-order valence-electron chi connectivity index (χ3n) is 3.50. The van der Waals surface area contributed by atoms with Crippen molar-refractivity contribution < 1.29 is 14.2 Å². The summed E-state index contributed by atoms with van der Waals surface area (Å²) in [5.74, 6) is 0. The maximum atomic E-state index is 10.4. The van der Waals surface area contributed by atoms with E-state index < -0.39 is 5.20 Å². The molecule has 180 valence electrons. The summed E-state index contributed by atoms with van der Waals surface area (Å²) in [6.07, 6.45) is 8.47. The topological polar surface area (TPSA) is 90.1 Å². The van der Waals surface area contributed by atoms with Crippen LogP contribution in [-0.4, -0.2) is 51.3 Å². The highest BCUT2D eigenvalue weighted by Crippen LogP contribution is 2.61. The number of aldehydes is 1. The minimum atomic E-state index is -3.22. The van der Waals surface area contributed by atoms with Gasteiger partial charge in [0, 0.05) is 32.7 Å². The second-order valence-electron chi connectivity index (χ2n) is 6.43. The van der Waals surface area contributed by atoms with Gasteiger partial charge in [0.25, 0.3) is 0 Å². The fraction of sp³-hybridized carbons (Fsp3) is 0.0909. The van der Waals surface area contributed by atoms with Gasteiger partial charge in [0.15, 0.2) is 6.29 Å². The van der Waals surface area contributed by atoms with E-state index in [1.807, 2.05) is 77.6 Å². The summed E-state index contributed by atoms with van der Waals surface area (Å²) in [4.78, 5) is 21.3. The molecule has 1 amide bonds. The van der Waals surface area contributed by atoms with E-state index in [0.29, 0.717) is 5.56 Å². The van der Waals surface area contributed by atoms with Gasteiger partial charge in [-0.15, -0.1) is 0 Å². The fourth-order valence-electron chi connectivity index (χ4n) is 2.12. The Morgan fingerprint density at radius 3 is 1.65 bits per heavy atom. The van der Waals surface area contributed by atoms with Crippen LogP contribution in [-0.2, 0) is 9.36 Å². The Kier molecular flexibility index (Phi) is 13.6. The van der Waals surface area contributed by atoms with Gasteiger partial charge in [-0.05, 0) is 64.1 Å². The molecule has 0 bridgehead atoms. The lowest BCUT2D eigenvalue weighted by molar-refractivity contribution is -0.115. The van der Waals surface area contributed by atoms with Crippen molar-refractivity contribution in [3.05, 3.63) is 97.1 Å². The fourth-order valence-corrected chi connectivity index (χ4v) is 2.12. The Morgan fingerprint density at radius 1 is 0.824 bits per heavy atom. The third kappa shape index (κ3) is 13.6. The van der Waals surface area contributed by atoms with E-state index in [1.165, 1.54) is 4.90 Å². The summed E-state index contributed by atoms with van der Waals surface area (Å²) in [7, 11) is 3.38. The van der Waals surface area contributed by atoms with Crippen molar-refractivity contribution >= 4 is 51.6 Å². The van der Waals surface area contributed by atoms with Crippen molar-refractivity contribution in [1.29, 1.82) is 0 Å². The number of carbonyl (C=O) groups excluding carboxylic acids is 2. The maximum Gasteiger partial charge on any atom is 0.339 e. The van der Waals surface area contributed by atoms with Gasteiger partial charge in [0.05, 0.1) is 23.1 Å². The van der Waals surface area contributed by atoms with Gasteiger partial charge in [-0.1, -0.05) is 36.4 Å². The number of rotatable bonds is 4. The number of halogens is 3. The van der Waals surface area contributed by atoms with Crippen LogP contribution in [0.15, 0.2) is 91.5 Å². The largest absolute Gasteiger partial charge is 0.351 e. The Hall–Kier alpha value is -2.90. The first-order chi connectivity index (χ1) is 16.1. The van der Waals surface area contributed by atoms with Crippen LogP contribution in [0.4, 0.5) is 0 Å². The maximum absolute atomic E-state index is 10.4. The van der Waals surface area contributed by atoms with Crippen molar-refractivity contribution in [2.24, 2.45) is 0 Å². The van der Waals surface area contributed by atoms with E-state index in [2.05, 4.69) is 43.9 Å². The van der Waals surface area contributed by atoms with E-state index >= 15 is 0 Å². The van der Waals surface area contributed by atoms with Crippen LogP contribution < -0.4 is 0 Å². The molecule has 4 rings (SSSR count). The molecule has 4 aromatic rings. The minimum Gasteiger partial charge on any atom is -0.351 e. The molecule has 2 aromatic carbocycles. The molecular formula is C22H23Cl3N5O3P. The average molecular weight is 543 g/mol. The van der Waals surface area contributed by atoms with Gasteiger partial charge in [0.2, 0.25) is 6.41 Å². The molecule has 0 radical (unpaired) electrons. The van der Waals surface area contributed by atoms with Gasteiger partial charge >= 0.3 is 5.20 Å². The third-order valence-corrected chi connectivity index (χ3v) is 3.50. The van der Waals surface area contributed by atoms with Gasteiger partial charge in [-0.2, -0.15) is 10.2 Å². The molecule has 0 N–H and O–H groups in total. The standard InChI is InChI=1S/C10H8N2O.C9H8N2.C3H7NO.Cl3OP/c13-8-9-6-11-12(7-9)10-4-2-1-3-5-10;1-2-5-9(6-3-1)11-8-4-7-10-11;1-4(2)3-5;1-5(2,3)4/h1-8H;1-8H;3H,1-2H3;. The molecular weight excluding hydrogens is 520 g/mol. The Morgan fingerprint density at radius 2 is 1.29 bits per heavy atom. The number of hydrogen-bond donors (Lipinski definition) is 0. The molecule has 34 heavy (non-hydrogen) atoms. The van der Waals surface area contributed by atoms with Crippen LogP contribution in [0.3, 0.4) is 0 Å². The molecule has 0 saturated heterocycles. The van der Waals surface area contributed by atoms with Crippen LogP contribution in [0.1, 0.15) is 10.4 Å². The molecule has 0 aliphatic carbocycles. The molecule has 0 aliphatic heterocycles. The number of nitrogens with zero attached hydrogens (tertiary/aromatic N) is 5. The summed E-state index contributed by atoms with van der Waals surface area (Å²) >= 11 is 13.8. The monoisotopic (exact) mass is 541 g/mol. The minimum absolute atomic E-state index is 0.587. The Bertz CT molecular complexity index is 1130. The summed E-state index contributed by atoms with van der Waals surface area (Å²) in [5.41, 5.74) is 2.64. The normalized spacial score (nSPS) is 9.68. The molecule has 0 fully saturated rings. The van der Waals surface area contributed by atoms with Crippen LogP contribution in [0.5, 0.6) is 0 Å². The summed E-state index contributed by atoms with van der Waals surface area (Å²) in [6, 6.07) is 21.6. The second kappa shape index (κ2) is 15.9. The number of aromatic nitrogens is 4. The lowest BCUT2D eigenvalue weighted by atomic mass is 10.3. The predicted molar refractivity (Wildman–Crippen MR) is 137 cm³/mol. The number of benzene rings is 2. The highest BCUT2D eigenvalue weighted by molar-refractivity contribution is 8.24. The highest BCUT2D eigenvalue weighted by atomic mass is 36.0. The van der Waals surface area contributed by atoms with Gasteiger partial charge in [-0.25, -0.2) is 9.36 Å². The molecule has 0 saturated carbocycles. The van der Waals surface area contributed by atoms with E-state index in [-0.39, 0.29) is 0 Å². The van der Waals surface area contributed by atoms with Crippen LogP contribution in [0.2, 0.25) is 0 Å². The molecule has 2 heterocycles. The van der Waals surface area contributed by atoms with Gasteiger partial charge < -0.3 is 4.90 Å². The molecule has 8 nitrogen and oxygen atoms in total. The highest BCUT2D eigenvalue weighted by Gasteiger charge is 2.03. The lowest BCUT2D eigenvalue weighted by Crippen LogP contribution is -2.06. The average Bonchev–Trinajstić information content (AvgIpc) is 3.52. The number of amides is 1. The van der Waals surface area contributed by atoms with Crippen molar-refractivity contribution in [2.45, 2.75) is 0 Å². The van der Waals surface area contributed by atoms with E-state index in [0.717, 1.165) is 24.1 Å². The molecule has 12 heteroatoms. The predicted octanol–water partition coefficient (Wildman–Crippen LogP) is 6.07. The zero-order valence-electron chi connectivity index (χ0n) is 18.4. The van der Waals surface area contributed by atoms with Crippen molar-refractivity contribution in [3.63, 3.8) is 0 Å². The number of hydrogen-bond acceptors (Lipinski definition) is 5. The van der Waals surface area contributed by atoms with Crippen LogP contribution >= 0.6 is 38.9 Å². The van der Waals surface area contributed by atoms with Gasteiger partial charge in [-0.3, -0.25) is 14.2 Å². The van der Waals surface area contributed by atoms with E-state index in [1.54, 1.807) is 37.4 Å². The van der Waals surface area contributed by atoms with Crippen LogP contribution in [0.25, 0.3) is 11.4 Å². The van der Waals surface area contributed by atoms with Crippen molar-refractivity contribution in [3.8, 4) is 11.4 Å². The smallest absolute Gasteiger partial charge is 0.339 e. The first kappa shape index (κ1) is 29.1. The molecule has 0 aliphatic rings. The summed E-state index contributed by atoms with van der Waals surface area (Å²) in [5, 5.41) is 4.92. The van der Waals surface area contributed by atoms with E-state index in [9.17, 15) is 14.2 Å².